The van der Waals surface area contributed by atoms with E-state index in [1.54, 1.807) is 48.5 Å². The van der Waals surface area contributed by atoms with Crippen LogP contribution in [0, 0.1) is 0 Å². The second-order valence-corrected chi connectivity index (χ2v) is 8.23. The SMILES string of the molecule is COc1ccc(S(=O)(=O)Nc2cccc(NC(C)=O)c2)cc1NC(=O)c1ccccc1. The van der Waals surface area contributed by atoms with Gasteiger partial charge >= 0.3 is 0 Å². The molecule has 0 saturated carbocycles. The molecule has 0 heterocycles. The van der Waals surface area contributed by atoms with Crippen LogP contribution in [0.4, 0.5) is 17.1 Å². The molecule has 3 rings (SSSR count). The minimum atomic E-state index is -3.98. The Hall–Kier alpha value is -3.85. The number of methoxy groups -OCH3 is 1. The fourth-order valence-corrected chi connectivity index (χ4v) is 3.89. The second kappa shape index (κ2) is 9.31. The Morgan fingerprint density at radius 1 is 0.839 bits per heavy atom. The van der Waals surface area contributed by atoms with Crippen LogP contribution in [0.5, 0.6) is 5.75 Å². The van der Waals surface area contributed by atoms with Crippen molar-refractivity contribution in [3.63, 3.8) is 0 Å². The number of anilines is 3. The number of carbonyl (C=O) groups is 2. The normalized spacial score (nSPS) is 10.8. The molecule has 0 aliphatic heterocycles. The van der Waals surface area contributed by atoms with Gasteiger partial charge in [0, 0.05) is 18.2 Å². The lowest BCUT2D eigenvalue weighted by Gasteiger charge is -2.14. The Morgan fingerprint density at radius 2 is 1.55 bits per heavy atom. The largest absolute Gasteiger partial charge is 0.495 e. The Morgan fingerprint density at radius 3 is 2.23 bits per heavy atom. The maximum absolute atomic E-state index is 12.9. The molecule has 0 unspecified atom stereocenters. The molecule has 0 aliphatic rings. The predicted octanol–water partition coefficient (Wildman–Crippen LogP) is 3.71. The first-order valence-electron chi connectivity index (χ1n) is 9.23. The van der Waals surface area contributed by atoms with Crippen molar-refractivity contribution in [1.29, 1.82) is 0 Å². The highest BCUT2D eigenvalue weighted by Crippen LogP contribution is 2.29. The fraction of sp³-hybridized carbons (Fsp3) is 0.0909. The third kappa shape index (κ3) is 5.61. The highest BCUT2D eigenvalue weighted by Gasteiger charge is 2.18. The first-order chi connectivity index (χ1) is 14.8. The van der Waals surface area contributed by atoms with E-state index in [0.29, 0.717) is 17.0 Å². The fourth-order valence-electron chi connectivity index (χ4n) is 2.81. The van der Waals surface area contributed by atoms with Gasteiger partial charge in [0.2, 0.25) is 5.91 Å². The van der Waals surface area contributed by atoms with Gasteiger partial charge in [0.25, 0.3) is 15.9 Å². The van der Waals surface area contributed by atoms with Gasteiger partial charge in [0.1, 0.15) is 5.75 Å². The molecular weight excluding hydrogens is 418 g/mol. The zero-order valence-electron chi connectivity index (χ0n) is 16.9. The van der Waals surface area contributed by atoms with E-state index in [0.717, 1.165) is 0 Å². The molecule has 0 fully saturated rings. The van der Waals surface area contributed by atoms with Gasteiger partial charge in [-0.15, -0.1) is 0 Å². The van der Waals surface area contributed by atoms with Gasteiger partial charge in [-0.25, -0.2) is 8.42 Å². The average Bonchev–Trinajstić information content (AvgIpc) is 2.73. The Kier molecular flexibility index (Phi) is 6.56. The van der Waals surface area contributed by atoms with Gasteiger partial charge in [0.05, 0.1) is 23.4 Å². The Balaban J connectivity index is 1.87. The summed E-state index contributed by atoms with van der Waals surface area (Å²) >= 11 is 0. The van der Waals surface area contributed by atoms with E-state index in [9.17, 15) is 18.0 Å². The summed E-state index contributed by atoms with van der Waals surface area (Å²) in [6, 6.07) is 19.0. The number of sulfonamides is 1. The predicted molar refractivity (Wildman–Crippen MR) is 119 cm³/mol. The third-order valence-electron chi connectivity index (χ3n) is 4.20. The lowest BCUT2D eigenvalue weighted by Crippen LogP contribution is -2.16. The first kappa shape index (κ1) is 21.8. The monoisotopic (exact) mass is 439 g/mol. The molecule has 0 spiro atoms. The zero-order chi connectivity index (χ0) is 22.4. The number of amides is 2. The molecule has 0 aliphatic carbocycles. The van der Waals surface area contributed by atoms with E-state index < -0.39 is 15.9 Å². The van der Waals surface area contributed by atoms with Crippen LogP contribution in [0.25, 0.3) is 0 Å². The molecule has 3 aromatic rings. The van der Waals surface area contributed by atoms with Crippen LogP contribution in [0.1, 0.15) is 17.3 Å². The van der Waals surface area contributed by atoms with Crippen molar-refractivity contribution < 1.29 is 22.7 Å². The standard InChI is InChI=1S/C22H21N3O5S/c1-15(26)23-17-9-6-10-18(13-17)25-31(28,29)19-11-12-21(30-2)20(14-19)24-22(27)16-7-4-3-5-8-16/h3-14,25H,1-2H3,(H,23,26)(H,24,27). The topological polar surface area (TPSA) is 114 Å². The molecule has 9 heteroatoms. The summed E-state index contributed by atoms with van der Waals surface area (Å²) in [7, 11) is -2.55. The summed E-state index contributed by atoms with van der Waals surface area (Å²) in [6.45, 7) is 1.36. The van der Waals surface area contributed by atoms with E-state index in [2.05, 4.69) is 15.4 Å². The maximum Gasteiger partial charge on any atom is 0.261 e. The highest BCUT2D eigenvalue weighted by molar-refractivity contribution is 7.92. The van der Waals surface area contributed by atoms with Crippen molar-refractivity contribution in [2.24, 2.45) is 0 Å². The van der Waals surface area contributed by atoms with Gasteiger partial charge in [-0.05, 0) is 48.5 Å². The van der Waals surface area contributed by atoms with Crippen LogP contribution < -0.4 is 20.1 Å². The first-order valence-corrected chi connectivity index (χ1v) is 10.7. The molecular formula is C22H21N3O5S. The smallest absolute Gasteiger partial charge is 0.261 e. The van der Waals surface area contributed by atoms with E-state index in [1.165, 1.54) is 38.3 Å². The van der Waals surface area contributed by atoms with Crippen LogP contribution >= 0.6 is 0 Å². The molecule has 8 nitrogen and oxygen atoms in total. The highest BCUT2D eigenvalue weighted by atomic mass is 32.2. The van der Waals surface area contributed by atoms with Crippen molar-refractivity contribution in [2.75, 3.05) is 22.5 Å². The zero-order valence-corrected chi connectivity index (χ0v) is 17.7. The van der Waals surface area contributed by atoms with Crippen LogP contribution in [0.2, 0.25) is 0 Å². The van der Waals surface area contributed by atoms with Gasteiger partial charge in [0.15, 0.2) is 0 Å². The summed E-state index contributed by atoms with van der Waals surface area (Å²) in [5, 5.41) is 5.28. The summed E-state index contributed by atoms with van der Waals surface area (Å²) < 4.78 is 33.5. The van der Waals surface area contributed by atoms with Crippen LogP contribution in [-0.4, -0.2) is 27.3 Å². The number of carbonyl (C=O) groups excluding carboxylic acids is 2. The van der Waals surface area contributed by atoms with Crippen LogP contribution in [0.3, 0.4) is 0 Å². The maximum atomic E-state index is 12.9. The minimum absolute atomic E-state index is 0.0680. The number of hydrogen-bond donors (Lipinski definition) is 3. The molecule has 0 atom stereocenters. The molecule has 3 N–H and O–H groups in total. The molecule has 0 aromatic heterocycles. The number of hydrogen-bond acceptors (Lipinski definition) is 5. The second-order valence-electron chi connectivity index (χ2n) is 6.55. The molecule has 0 saturated heterocycles. The summed E-state index contributed by atoms with van der Waals surface area (Å²) in [5.41, 5.74) is 1.37. The van der Waals surface area contributed by atoms with Crippen molar-refractivity contribution >= 4 is 38.9 Å². The third-order valence-corrected chi connectivity index (χ3v) is 5.58. The lowest BCUT2D eigenvalue weighted by molar-refractivity contribution is -0.114. The minimum Gasteiger partial charge on any atom is -0.495 e. The van der Waals surface area contributed by atoms with E-state index in [4.69, 9.17) is 4.74 Å². The molecule has 3 aromatic carbocycles. The van der Waals surface area contributed by atoms with E-state index in [-0.39, 0.29) is 22.2 Å². The van der Waals surface area contributed by atoms with E-state index >= 15 is 0 Å². The molecule has 0 radical (unpaired) electrons. The number of nitrogens with one attached hydrogen (secondary N) is 3. The van der Waals surface area contributed by atoms with Crippen molar-refractivity contribution in [3.8, 4) is 5.75 Å². The number of rotatable bonds is 7. The average molecular weight is 439 g/mol. The number of ether oxygens (including phenoxy) is 1. The summed E-state index contributed by atoms with van der Waals surface area (Å²) in [6.07, 6.45) is 0. The number of benzene rings is 3. The van der Waals surface area contributed by atoms with Gasteiger partial charge in [-0.2, -0.15) is 0 Å². The Labute approximate surface area is 180 Å². The molecule has 31 heavy (non-hydrogen) atoms. The Bertz CT molecular complexity index is 1210. The van der Waals surface area contributed by atoms with Crippen LogP contribution in [-0.2, 0) is 14.8 Å². The summed E-state index contributed by atoms with van der Waals surface area (Å²) in [5.74, 6) is -0.353. The quantitative estimate of drug-likeness (QED) is 0.519. The lowest BCUT2D eigenvalue weighted by atomic mass is 10.2. The van der Waals surface area contributed by atoms with Crippen molar-refractivity contribution in [2.45, 2.75) is 11.8 Å². The molecule has 160 valence electrons. The van der Waals surface area contributed by atoms with Crippen LogP contribution in [0.15, 0.2) is 77.7 Å². The van der Waals surface area contributed by atoms with Gasteiger partial charge in [-0.3, -0.25) is 14.3 Å². The van der Waals surface area contributed by atoms with Gasteiger partial charge in [-0.1, -0.05) is 24.3 Å². The molecule has 0 bridgehead atoms. The van der Waals surface area contributed by atoms with E-state index in [1.807, 2.05) is 0 Å². The van der Waals surface area contributed by atoms with Gasteiger partial charge < -0.3 is 15.4 Å². The molecule has 2 amide bonds. The summed E-state index contributed by atoms with van der Waals surface area (Å²) in [4.78, 5) is 23.6. The van der Waals surface area contributed by atoms with Crippen molar-refractivity contribution in [1.82, 2.24) is 0 Å². The van der Waals surface area contributed by atoms with Crippen molar-refractivity contribution in [3.05, 3.63) is 78.4 Å².